The van der Waals surface area contributed by atoms with Crippen molar-refractivity contribution in [1.29, 1.82) is 0 Å². The number of amides is 1. The summed E-state index contributed by atoms with van der Waals surface area (Å²) in [6.45, 7) is 1.96. The van der Waals surface area contributed by atoms with E-state index in [0.29, 0.717) is 11.4 Å². The summed E-state index contributed by atoms with van der Waals surface area (Å²) in [5, 5.41) is 4.01. The van der Waals surface area contributed by atoms with Crippen LogP contribution in [0.3, 0.4) is 0 Å². The van der Waals surface area contributed by atoms with Gasteiger partial charge in [-0.1, -0.05) is 0 Å². The van der Waals surface area contributed by atoms with Gasteiger partial charge in [0.1, 0.15) is 5.69 Å². The molecule has 0 radical (unpaired) electrons. The van der Waals surface area contributed by atoms with Crippen molar-refractivity contribution in [2.24, 2.45) is 5.73 Å². The van der Waals surface area contributed by atoms with Gasteiger partial charge in [-0.3, -0.25) is 4.79 Å². The summed E-state index contributed by atoms with van der Waals surface area (Å²) < 4.78 is 6.35. The molecule has 1 aromatic heterocycles. The molecule has 0 aliphatic carbocycles. The van der Waals surface area contributed by atoms with Crippen molar-refractivity contribution in [1.82, 2.24) is 9.78 Å². The monoisotopic (exact) mass is 274 g/mol. The van der Waals surface area contributed by atoms with Gasteiger partial charge in [-0.25, -0.2) is 9.48 Å². The second-order valence-corrected chi connectivity index (χ2v) is 4.01. The molecule has 0 saturated carbocycles. The zero-order valence-electron chi connectivity index (χ0n) is 10.9. The molecule has 0 unspecified atom stereocenters. The summed E-state index contributed by atoms with van der Waals surface area (Å²) in [5.41, 5.74) is 12.1. The highest BCUT2D eigenvalue weighted by Gasteiger charge is 2.16. The molecular weight excluding hydrogens is 260 g/mol. The quantitative estimate of drug-likeness (QED) is 0.630. The predicted octanol–water partition coefficient (Wildman–Crippen LogP) is 0.730. The Morgan fingerprint density at radius 1 is 1.35 bits per heavy atom. The number of ether oxygens (including phenoxy) is 1. The van der Waals surface area contributed by atoms with Crippen molar-refractivity contribution >= 4 is 17.6 Å². The van der Waals surface area contributed by atoms with Crippen LogP contribution in [0.5, 0.6) is 0 Å². The first-order chi connectivity index (χ1) is 9.52. The molecule has 1 amide bonds. The van der Waals surface area contributed by atoms with Crippen molar-refractivity contribution in [2.45, 2.75) is 6.92 Å². The molecule has 0 saturated heterocycles. The van der Waals surface area contributed by atoms with Crippen LogP contribution in [0.15, 0.2) is 30.5 Å². The number of anilines is 1. The van der Waals surface area contributed by atoms with E-state index in [9.17, 15) is 9.59 Å². The number of hydrogen-bond acceptors (Lipinski definition) is 5. The molecule has 0 bridgehead atoms. The van der Waals surface area contributed by atoms with E-state index in [1.165, 1.54) is 23.0 Å². The summed E-state index contributed by atoms with van der Waals surface area (Å²) in [6, 6.07) is 6.22. The van der Waals surface area contributed by atoms with Gasteiger partial charge in [0.2, 0.25) is 0 Å². The third-order valence-corrected chi connectivity index (χ3v) is 2.60. The number of primary amides is 1. The van der Waals surface area contributed by atoms with Gasteiger partial charge in [0.25, 0.3) is 5.91 Å². The highest BCUT2D eigenvalue weighted by Crippen LogP contribution is 2.19. The van der Waals surface area contributed by atoms with Gasteiger partial charge in [-0.2, -0.15) is 5.10 Å². The third-order valence-electron chi connectivity index (χ3n) is 2.60. The van der Waals surface area contributed by atoms with E-state index >= 15 is 0 Å². The van der Waals surface area contributed by atoms with E-state index in [4.69, 9.17) is 16.2 Å². The van der Waals surface area contributed by atoms with Crippen LogP contribution in [0, 0.1) is 0 Å². The third kappa shape index (κ3) is 2.61. The maximum absolute atomic E-state index is 11.9. The van der Waals surface area contributed by atoms with Crippen LogP contribution < -0.4 is 11.5 Å². The van der Waals surface area contributed by atoms with Crippen molar-refractivity contribution in [3.8, 4) is 5.69 Å². The molecule has 0 aliphatic heterocycles. The lowest BCUT2D eigenvalue weighted by molar-refractivity contribution is 0.0526. The minimum atomic E-state index is -0.642. The number of benzene rings is 1. The van der Waals surface area contributed by atoms with E-state index in [-0.39, 0.29) is 17.9 Å². The van der Waals surface area contributed by atoms with Crippen LogP contribution in [0.25, 0.3) is 5.69 Å². The Kier molecular flexibility index (Phi) is 3.69. The van der Waals surface area contributed by atoms with Gasteiger partial charge >= 0.3 is 5.97 Å². The predicted molar refractivity (Wildman–Crippen MR) is 72.5 cm³/mol. The minimum Gasteiger partial charge on any atom is -0.462 e. The lowest BCUT2D eigenvalue weighted by Crippen LogP contribution is -2.14. The lowest BCUT2D eigenvalue weighted by Gasteiger charge is -2.09. The molecule has 20 heavy (non-hydrogen) atoms. The van der Waals surface area contributed by atoms with Crippen LogP contribution in [0.1, 0.15) is 27.8 Å². The van der Waals surface area contributed by atoms with E-state index < -0.39 is 11.9 Å². The zero-order valence-corrected chi connectivity index (χ0v) is 10.9. The van der Waals surface area contributed by atoms with E-state index in [0.717, 1.165) is 0 Å². The summed E-state index contributed by atoms with van der Waals surface area (Å²) in [6.07, 6.45) is 1.54. The topological polar surface area (TPSA) is 113 Å². The zero-order chi connectivity index (χ0) is 14.7. The first-order valence-electron chi connectivity index (χ1n) is 5.95. The normalized spacial score (nSPS) is 10.2. The molecule has 0 atom stereocenters. The van der Waals surface area contributed by atoms with Crippen molar-refractivity contribution in [3.63, 3.8) is 0 Å². The molecule has 0 aliphatic rings. The molecule has 1 aromatic carbocycles. The van der Waals surface area contributed by atoms with Gasteiger partial charge < -0.3 is 16.2 Å². The molecule has 1 heterocycles. The van der Waals surface area contributed by atoms with Crippen molar-refractivity contribution in [3.05, 3.63) is 41.7 Å². The molecule has 104 valence electrons. The number of nitrogens with two attached hydrogens (primary N) is 2. The second-order valence-electron chi connectivity index (χ2n) is 4.01. The number of rotatable bonds is 4. The number of nitrogens with zero attached hydrogens (tertiary/aromatic N) is 2. The van der Waals surface area contributed by atoms with Gasteiger partial charge in [0.05, 0.1) is 17.9 Å². The first-order valence-corrected chi connectivity index (χ1v) is 5.95. The molecule has 0 spiro atoms. The largest absolute Gasteiger partial charge is 0.462 e. The van der Waals surface area contributed by atoms with E-state index in [2.05, 4.69) is 5.10 Å². The maximum Gasteiger partial charge on any atom is 0.340 e. The van der Waals surface area contributed by atoms with Crippen LogP contribution in [-0.2, 0) is 4.74 Å². The number of carbonyl (C=O) groups excluding carboxylic acids is 2. The molecule has 7 nitrogen and oxygen atoms in total. The van der Waals surface area contributed by atoms with Gasteiger partial charge in [0, 0.05) is 11.9 Å². The number of esters is 1. The van der Waals surface area contributed by atoms with Gasteiger partial charge in [-0.05, 0) is 31.2 Å². The molecule has 4 N–H and O–H groups in total. The first kappa shape index (κ1) is 13.6. The Bertz CT molecular complexity index is 663. The van der Waals surface area contributed by atoms with Crippen LogP contribution in [0.2, 0.25) is 0 Å². The average molecular weight is 274 g/mol. The Morgan fingerprint density at radius 3 is 2.70 bits per heavy atom. The number of carbonyl (C=O) groups is 2. The summed E-state index contributed by atoms with van der Waals surface area (Å²) >= 11 is 0. The lowest BCUT2D eigenvalue weighted by atomic mass is 10.1. The highest BCUT2D eigenvalue weighted by molar-refractivity contribution is 5.95. The van der Waals surface area contributed by atoms with Gasteiger partial charge in [0.15, 0.2) is 0 Å². The Hall–Kier alpha value is -2.83. The van der Waals surface area contributed by atoms with Crippen molar-refractivity contribution < 1.29 is 14.3 Å². The highest BCUT2D eigenvalue weighted by atomic mass is 16.5. The smallest absolute Gasteiger partial charge is 0.340 e. The minimum absolute atomic E-state index is 0.108. The number of hydrogen-bond donors (Lipinski definition) is 2. The Balaban J connectivity index is 2.49. The molecule has 2 aromatic rings. The standard InChI is InChI=1S/C13H14N4O3/c1-2-20-13(19)9-7-8(14)3-4-11(9)17-6-5-10(16-17)12(15)18/h3-7H,2,14H2,1H3,(H2,15,18). The van der Waals surface area contributed by atoms with Crippen LogP contribution in [-0.4, -0.2) is 28.3 Å². The SMILES string of the molecule is CCOC(=O)c1cc(N)ccc1-n1ccc(C(N)=O)n1. The summed E-state index contributed by atoms with van der Waals surface area (Å²) in [5.74, 6) is -1.15. The Labute approximate surface area is 115 Å². The van der Waals surface area contributed by atoms with Gasteiger partial charge in [-0.15, -0.1) is 0 Å². The molecular formula is C13H14N4O3. The Morgan fingerprint density at radius 2 is 2.10 bits per heavy atom. The fourth-order valence-corrected chi connectivity index (χ4v) is 1.72. The van der Waals surface area contributed by atoms with Crippen LogP contribution >= 0.6 is 0 Å². The summed E-state index contributed by atoms with van der Waals surface area (Å²) in [4.78, 5) is 23.0. The average Bonchev–Trinajstić information content (AvgIpc) is 2.88. The number of aromatic nitrogens is 2. The fraction of sp³-hybridized carbons (Fsp3) is 0.154. The van der Waals surface area contributed by atoms with E-state index in [1.807, 2.05) is 0 Å². The molecule has 0 fully saturated rings. The fourth-order valence-electron chi connectivity index (χ4n) is 1.72. The van der Waals surface area contributed by atoms with Crippen LogP contribution in [0.4, 0.5) is 5.69 Å². The van der Waals surface area contributed by atoms with E-state index in [1.54, 1.807) is 19.1 Å². The molecule has 2 rings (SSSR count). The number of nitrogen functional groups attached to an aromatic ring is 1. The maximum atomic E-state index is 11.9. The second kappa shape index (κ2) is 5.43. The summed E-state index contributed by atoms with van der Waals surface area (Å²) in [7, 11) is 0. The van der Waals surface area contributed by atoms with Crippen molar-refractivity contribution in [2.75, 3.05) is 12.3 Å². The molecule has 7 heteroatoms.